The van der Waals surface area contributed by atoms with Crippen molar-refractivity contribution in [1.29, 1.82) is 0 Å². The third-order valence-corrected chi connectivity index (χ3v) is 4.36. The lowest BCUT2D eigenvalue weighted by Crippen LogP contribution is -2.35. The first kappa shape index (κ1) is 15.7. The molecule has 2 aromatic rings. The van der Waals surface area contributed by atoms with Gasteiger partial charge in [0.25, 0.3) is 0 Å². The van der Waals surface area contributed by atoms with Crippen LogP contribution in [0.1, 0.15) is 49.9 Å². The molecule has 2 aromatic heterocycles. The summed E-state index contributed by atoms with van der Waals surface area (Å²) in [7, 11) is 0. The fourth-order valence-electron chi connectivity index (χ4n) is 2.97. The Balaban J connectivity index is 1.59. The number of carbonyl (C=O) groups excluding carboxylic acids is 1. The smallest absolute Gasteiger partial charge is 0.223 e. The summed E-state index contributed by atoms with van der Waals surface area (Å²) >= 11 is 0. The summed E-state index contributed by atoms with van der Waals surface area (Å²) in [6.45, 7) is 2.10. The molecule has 120 valence electrons. The average Bonchev–Trinajstić information content (AvgIpc) is 3.41. The molecule has 0 bridgehead atoms. The Hall–Kier alpha value is -2.23. The first-order chi connectivity index (χ1) is 11.3. The van der Waals surface area contributed by atoms with Crippen LogP contribution in [0.15, 0.2) is 48.9 Å². The van der Waals surface area contributed by atoms with Gasteiger partial charge in [-0.25, -0.2) is 0 Å². The molecular weight excluding hydrogens is 286 g/mol. The highest BCUT2D eigenvalue weighted by Gasteiger charge is 2.35. The number of aryl methyl sites for hydroxylation is 1. The van der Waals surface area contributed by atoms with Gasteiger partial charge in [0.15, 0.2) is 0 Å². The maximum Gasteiger partial charge on any atom is 0.223 e. The van der Waals surface area contributed by atoms with Gasteiger partial charge in [0.1, 0.15) is 0 Å². The number of hydrogen-bond donors (Lipinski definition) is 0. The summed E-state index contributed by atoms with van der Waals surface area (Å²) in [6, 6.07) is 10.4. The Morgan fingerprint density at radius 1 is 1.26 bits per heavy atom. The first-order valence-electron chi connectivity index (χ1n) is 8.36. The summed E-state index contributed by atoms with van der Waals surface area (Å²) < 4.78 is 0. The zero-order valence-electron chi connectivity index (χ0n) is 13.6. The summed E-state index contributed by atoms with van der Waals surface area (Å²) in [6.07, 6.45) is 9.96. The van der Waals surface area contributed by atoms with E-state index in [0.717, 1.165) is 36.9 Å². The Labute approximate surface area is 137 Å². The van der Waals surface area contributed by atoms with Crippen molar-refractivity contribution in [1.82, 2.24) is 14.9 Å². The molecule has 4 heteroatoms. The number of pyridine rings is 2. The number of rotatable bonds is 7. The van der Waals surface area contributed by atoms with E-state index < -0.39 is 0 Å². The molecule has 1 aliphatic carbocycles. The quantitative estimate of drug-likeness (QED) is 0.785. The second kappa shape index (κ2) is 7.36. The summed E-state index contributed by atoms with van der Waals surface area (Å²) in [5.74, 6) is 0.250. The highest BCUT2D eigenvalue weighted by Crippen LogP contribution is 2.34. The van der Waals surface area contributed by atoms with Crippen molar-refractivity contribution in [3.8, 4) is 0 Å². The van der Waals surface area contributed by atoms with E-state index in [2.05, 4.69) is 21.8 Å². The first-order valence-corrected chi connectivity index (χ1v) is 8.36. The largest absolute Gasteiger partial charge is 0.333 e. The standard InChI is InChI=1S/C19H23N3O/c1-15(16-6-5-12-20-14-16)22(18-10-11-18)19(23)9-4-8-17-7-2-3-13-21-17/h2-3,5-7,12-15,18H,4,8-11H2,1H3. The van der Waals surface area contributed by atoms with E-state index in [-0.39, 0.29) is 11.9 Å². The molecule has 1 aliphatic rings. The monoisotopic (exact) mass is 309 g/mol. The second-order valence-electron chi connectivity index (χ2n) is 6.17. The molecule has 1 amide bonds. The zero-order chi connectivity index (χ0) is 16.1. The molecular formula is C19H23N3O. The van der Waals surface area contributed by atoms with Gasteiger partial charge in [0.05, 0.1) is 6.04 Å². The molecule has 3 rings (SSSR count). The lowest BCUT2D eigenvalue weighted by Gasteiger charge is -2.29. The molecule has 0 aliphatic heterocycles. The Bertz CT molecular complexity index is 626. The van der Waals surface area contributed by atoms with Crippen LogP contribution >= 0.6 is 0 Å². The minimum atomic E-state index is 0.0959. The molecule has 0 spiro atoms. The predicted octanol–water partition coefficient (Wildman–Crippen LogP) is 3.55. The molecule has 0 saturated heterocycles. The van der Waals surface area contributed by atoms with Crippen LogP contribution in [0.3, 0.4) is 0 Å². The van der Waals surface area contributed by atoms with Crippen molar-refractivity contribution >= 4 is 5.91 Å². The van der Waals surface area contributed by atoms with Crippen molar-refractivity contribution in [2.75, 3.05) is 0 Å². The van der Waals surface area contributed by atoms with E-state index in [1.807, 2.05) is 36.5 Å². The summed E-state index contributed by atoms with van der Waals surface area (Å²) in [5.41, 5.74) is 2.16. The zero-order valence-corrected chi connectivity index (χ0v) is 13.6. The summed E-state index contributed by atoms with van der Waals surface area (Å²) in [5, 5.41) is 0. The van der Waals surface area contributed by atoms with Gasteiger partial charge in [-0.1, -0.05) is 12.1 Å². The minimum absolute atomic E-state index is 0.0959. The van der Waals surface area contributed by atoms with Gasteiger partial charge in [-0.2, -0.15) is 0 Å². The number of hydrogen-bond acceptors (Lipinski definition) is 3. The van der Waals surface area contributed by atoms with Crippen LogP contribution < -0.4 is 0 Å². The van der Waals surface area contributed by atoms with Crippen LogP contribution in [0.5, 0.6) is 0 Å². The fraction of sp³-hybridized carbons (Fsp3) is 0.421. The normalized spacial score (nSPS) is 15.2. The number of carbonyl (C=O) groups is 1. The van der Waals surface area contributed by atoms with Crippen LogP contribution in [0.2, 0.25) is 0 Å². The van der Waals surface area contributed by atoms with Gasteiger partial charge < -0.3 is 4.90 Å². The van der Waals surface area contributed by atoms with Gasteiger partial charge in [-0.3, -0.25) is 14.8 Å². The highest BCUT2D eigenvalue weighted by atomic mass is 16.2. The fourth-order valence-corrected chi connectivity index (χ4v) is 2.97. The number of aromatic nitrogens is 2. The second-order valence-corrected chi connectivity index (χ2v) is 6.17. The van der Waals surface area contributed by atoms with E-state index in [9.17, 15) is 4.79 Å². The Kier molecular flexibility index (Phi) is 5.01. The van der Waals surface area contributed by atoms with Crippen molar-refractivity contribution in [3.05, 3.63) is 60.2 Å². The molecule has 23 heavy (non-hydrogen) atoms. The number of amides is 1. The van der Waals surface area contributed by atoms with Crippen molar-refractivity contribution < 1.29 is 4.79 Å². The Morgan fingerprint density at radius 2 is 2.13 bits per heavy atom. The molecule has 2 heterocycles. The SMILES string of the molecule is CC(c1cccnc1)N(C(=O)CCCc1ccccn1)C1CC1. The van der Waals surface area contributed by atoms with Gasteiger partial charge in [-0.15, -0.1) is 0 Å². The van der Waals surface area contributed by atoms with Crippen LogP contribution in [-0.4, -0.2) is 26.8 Å². The molecule has 0 radical (unpaired) electrons. The summed E-state index contributed by atoms with van der Waals surface area (Å²) in [4.78, 5) is 23.3. The van der Waals surface area contributed by atoms with E-state index in [0.29, 0.717) is 12.5 Å². The average molecular weight is 309 g/mol. The van der Waals surface area contributed by atoms with Gasteiger partial charge in [0, 0.05) is 36.7 Å². The lowest BCUT2D eigenvalue weighted by atomic mass is 10.1. The Morgan fingerprint density at radius 3 is 2.78 bits per heavy atom. The van der Waals surface area contributed by atoms with Crippen LogP contribution in [0, 0.1) is 0 Å². The van der Waals surface area contributed by atoms with E-state index in [1.165, 1.54) is 0 Å². The molecule has 1 fully saturated rings. The van der Waals surface area contributed by atoms with Gasteiger partial charge in [-0.05, 0) is 56.4 Å². The van der Waals surface area contributed by atoms with Crippen molar-refractivity contribution in [3.63, 3.8) is 0 Å². The van der Waals surface area contributed by atoms with Crippen LogP contribution in [0.25, 0.3) is 0 Å². The van der Waals surface area contributed by atoms with Crippen molar-refractivity contribution in [2.45, 2.75) is 51.1 Å². The maximum absolute atomic E-state index is 12.7. The van der Waals surface area contributed by atoms with Crippen LogP contribution in [0.4, 0.5) is 0 Å². The van der Waals surface area contributed by atoms with Gasteiger partial charge in [0.2, 0.25) is 5.91 Å². The number of nitrogens with zero attached hydrogens (tertiary/aromatic N) is 3. The van der Waals surface area contributed by atoms with Crippen LogP contribution in [-0.2, 0) is 11.2 Å². The third kappa shape index (κ3) is 4.15. The lowest BCUT2D eigenvalue weighted by molar-refractivity contribution is -0.134. The molecule has 0 N–H and O–H groups in total. The van der Waals surface area contributed by atoms with E-state index in [1.54, 1.807) is 12.4 Å². The predicted molar refractivity (Wildman–Crippen MR) is 89.7 cm³/mol. The van der Waals surface area contributed by atoms with E-state index >= 15 is 0 Å². The highest BCUT2D eigenvalue weighted by molar-refractivity contribution is 5.77. The minimum Gasteiger partial charge on any atom is -0.333 e. The maximum atomic E-state index is 12.7. The van der Waals surface area contributed by atoms with E-state index in [4.69, 9.17) is 0 Å². The molecule has 1 atom stereocenters. The third-order valence-electron chi connectivity index (χ3n) is 4.36. The molecule has 4 nitrogen and oxygen atoms in total. The molecule has 1 saturated carbocycles. The van der Waals surface area contributed by atoms with Crippen molar-refractivity contribution in [2.24, 2.45) is 0 Å². The topological polar surface area (TPSA) is 46.1 Å². The van der Waals surface area contributed by atoms with Gasteiger partial charge >= 0.3 is 0 Å². The molecule has 0 aromatic carbocycles. The molecule has 1 unspecified atom stereocenters.